The van der Waals surface area contributed by atoms with Gasteiger partial charge in [-0.1, -0.05) is 68.4 Å². The standard InChI is InChI=1S/C25H28N2O4S/c1-18(2)20-14-15-23(31-3)24(17-20)32(29,30)27-22(16-19-10-6-4-7-11-19)25(28)26-21-12-8-5-9-13-21/h4-15,17-18,22,27H,16H2,1-3H3,(H,26,28). The topological polar surface area (TPSA) is 84.5 Å². The van der Waals surface area contributed by atoms with Gasteiger partial charge in [0.05, 0.1) is 7.11 Å². The number of carbonyl (C=O) groups is 1. The molecule has 168 valence electrons. The molecule has 0 radical (unpaired) electrons. The summed E-state index contributed by atoms with van der Waals surface area (Å²) in [5.41, 5.74) is 2.29. The maximum atomic E-state index is 13.4. The summed E-state index contributed by atoms with van der Waals surface area (Å²) < 4.78 is 34.6. The van der Waals surface area contributed by atoms with Crippen molar-refractivity contribution in [3.05, 3.63) is 90.0 Å². The summed E-state index contributed by atoms with van der Waals surface area (Å²) in [6.07, 6.45) is 0.199. The van der Waals surface area contributed by atoms with E-state index in [9.17, 15) is 13.2 Å². The molecule has 32 heavy (non-hydrogen) atoms. The Hall–Kier alpha value is -3.16. The molecule has 1 unspecified atom stereocenters. The molecule has 1 amide bonds. The Morgan fingerprint density at radius 1 is 0.938 bits per heavy atom. The molecule has 0 aliphatic heterocycles. The molecule has 0 aromatic heterocycles. The van der Waals surface area contributed by atoms with E-state index in [1.54, 1.807) is 36.4 Å². The first-order valence-corrected chi connectivity index (χ1v) is 11.9. The summed E-state index contributed by atoms with van der Waals surface area (Å²) >= 11 is 0. The number of para-hydroxylation sites is 1. The van der Waals surface area contributed by atoms with Crippen LogP contribution in [0.2, 0.25) is 0 Å². The maximum absolute atomic E-state index is 13.4. The fourth-order valence-corrected chi connectivity index (χ4v) is 4.70. The van der Waals surface area contributed by atoms with Crippen molar-refractivity contribution in [2.45, 2.75) is 37.1 Å². The van der Waals surface area contributed by atoms with Gasteiger partial charge < -0.3 is 10.1 Å². The normalized spacial score (nSPS) is 12.4. The van der Waals surface area contributed by atoms with Crippen LogP contribution in [0.15, 0.2) is 83.8 Å². The van der Waals surface area contributed by atoms with Gasteiger partial charge in [0.2, 0.25) is 15.9 Å². The lowest BCUT2D eigenvalue weighted by Gasteiger charge is -2.20. The molecule has 0 fully saturated rings. The molecule has 3 aromatic carbocycles. The number of carbonyl (C=O) groups excluding carboxylic acids is 1. The molecular weight excluding hydrogens is 424 g/mol. The number of rotatable bonds is 9. The molecule has 7 heteroatoms. The predicted octanol–water partition coefficient (Wildman–Crippen LogP) is 4.35. The Kier molecular flexibility index (Phi) is 7.66. The predicted molar refractivity (Wildman–Crippen MR) is 126 cm³/mol. The minimum absolute atomic E-state index is 0.0109. The summed E-state index contributed by atoms with van der Waals surface area (Å²) in [4.78, 5) is 13.1. The highest BCUT2D eigenvalue weighted by Crippen LogP contribution is 2.28. The molecule has 6 nitrogen and oxygen atoms in total. The van der Waals surface area contributed by atoms with Crippen LogP contribution in [0, 0.1) is 0 Å². The lowest BCUT2D eigenvalue weighted by atomic mass is 10.0. The van der Waals surface area contributed by atoms with Gasteiger partial charge in [0.25, 0.3) is 0 Å². The van der Waals surface area contributed by atoms with E-state index in [1.807, 2.05) is 56.3 Å². The molecule has 0 aliphatic rings. The van der Waals surface area contributed by atoms with Gasteiger partial charge in [-0.15, -0.1) is 0 Å². The fraction of sp³-hybridized carbons (Fsp3) is 0.240. The van der Waals surface area contributed by atoms with E-state index in [0.717, 1.165) is 11.1 Å². The lowest BCUT2D eigenvalue weighted by Crippen LogP contribution is -2.45. The molecule has 0 aliphatic carbocycles. The maximum Gasteiger partial charge on any atom is 0.245 e. The van der Waals surface area contributed by atoms with Gasteiger partial charge >= 0.3 is 0 Å². The Bertz CT molecular complexity index is 1150. The van der Waals surface area contributed by atoms with Gasteiger partial charge in [-0.25, -0.2) is 8.42 Å². The summed E-state index contributed by atoms with van der Waals surface area (Å²) in [7, 11) is -2.63. The van der Waals surface area contributed by atoms with Crippen LogP contribution in [0.25, 0.3) is 0 Å². The number of sulfonamides is 1. The number of anilines is 1. The molecule has 0 spiro atoms. The first-order chi connectivity index (χ1) is 15.3. The number of methoxy groups -OCH3 is 1. The van der Waals surface area contributed by atoms with E-state index >= 15 is 0 Å². The van der Waals surface area contributed by atoms with Crippen LogP contribution < -0.4 is 14.8 Å². The Labute approximate surface area is 189 Å². The van der Waals surface area contributed by atoms with Gasteiger partial charge in [0.1, 0.15) is 16.7 Å². The SMILES string of the molecule is COc1ccc(C(C)C)cc1S(=O)(=O)NC(Cc1ccccc1)C(=O)Nc1ccccc1. The van der Waals surface area contributed by atoms with Gasteiger partial charge in [0.15, 0.2) is 0 Å². The van der Waals surface area contributed by atoms with Crippen LogP contribution in [0.4, 0.5) is 5.69 Å². The molecule has 0 bridgehead atoms. The van der Waals surface area contributed by atoms with Gasteiger partial charge in [-0.05, 0) is 47.7 Å². The quantitative estimate of drug-likeness (QED) is 0.506. The number of hydrogen-bond donors (Lipinski definition) is 2. The number of hydrogen-bond acceptors (Lipinski definition) is 4. The molecule has 0 saturated carbocycles. The number of amides is 1. The Morgan fingerprint density at radius 3 is 2.16 bits per heavy atom. The fourth-order valence-electron chi connectivity index (χ4n) is 3.30. The average Bonchev–Trinajstić information content (AvgIpc) is 2.79. The van der Waals surface area contributed by atoms with Gasteiger partial charge in [0, 0.05) is 5.69 Å². The second-order valence-corrected chi connectivity index (χ2v) is 9.47. The van der Waals surface area contributed by atoms with Crippen LogP contribution in [-0.4, -0.2) is 27.5 Å². The zero-order valence-electron chi connectivity index (χ0n) is 18.4. The van der Waals surface area contributed by atoms with Crippen molar-refractivity contribution in [3.63, 3.8) is 0 Å². The Morgan fingerprint density at radius 2 is 1.56 bits per heavy atom. The third kappa shape index (κ3) is 5.96. The van der Waals surface area contributed by atoms with Crippen LogP contribution in [0.5, 0.6) is 5.75 Å². The number of ether oxygens (including phenoxy) is 1. The van der Waals surface area contributed by atoms with Crippen LogP contribution in [0.3, 0.4) is 0 Å². The zero-order chi connectivity index (χ0) is 23.1. The molecule has 3 aromatic rings. The van der Waals surface area contributed by atoms with Crippen molar-refractivity contribution >= 4 is 21.6 Å². The highest BCUT2D eigenvalue weighted by molar-refractivity contribution is 7.89. The monoisotopic (exact) mass is 452 g/mol. The van der Waals surface area contributed by atoms with E-state index in [-0.39, 0.29) is 23.0 Å². The van der Waals surface area contributed by atoms with Crippen molar-refractivity contribution in [1.29, 1.82) is 0 Å². The van der Waals surface area contributed by atoms with Crippen molar-refractivity contribution in [3.8, 4) is 5.75 Å². The highest BCUT2D eigenvalue weighted by atomic mass is 32.2. The van der Waals surface area contributed by atoms with Crippen molar-refractivity contribution in [2.24, 2.45) is 0 Å². The van der Waals surface area contributed by atoms with Crippen LogP contribution in [0.1, 0.15) is 30.9 Å². The highest BCUT2D eigenvalue weighted by Gasteiger charge is 2.29. The lowest BCUT2D eigenvalue weighted by molar-refractivity contribution is -0.117. The minimum atomic E-state index is -4.05. The number of nitrogens with one attached hydrogen (secondary N) is 2. The molecular formula is C25H28N2O4S. The van der Waals surface area contributed by atoms with Crippen molar-refractivity contribution in [1.82, 2.24) is 4.72 Å². The summed E-state index contributed by atoms with van der Waals surface area (Å²) in [6.45, 7) is 3.97. The van der Waals surface area contributed by atoms with E-state index in [2.05, 4.69) is 10.0 Å². The zero-order valence-corrected chi connectivity index (χ0v) is 19.2. The third-order valence-corrected chi connectivity index (χ3v) is 6.57. The van der Waals surface area contributed by atoms with Crippen molar-refractivity contribution < 1.29 is 17.9 Å². The molecule has 2 N–H and O–H groups in total. The average molecular weight is 453 g/mol. The third-order valence-electron chi connectivity index (χ3n) is 5.08. The van der Waals surface area contributed by atoms with E-state index in [0.29, 0.717) is 5.69 Å². The van der Waals surface area contributed by atoms with E-state index < -0.39 is 22.0 Å². The van der Waals surface area contributed by atoms with Gasteiger partial charge in [-0.2, -0.15) is 4.72 Å². The van der Waals surface area contributed by atoms with E-state index in [1.165, 1.54) is 7.11 Å². The molecule has 0 saturated heterocycles. The second kappa shape index (κ2) is 10.4. The first kappa shape index (κ1) is 23.5. The second-order valence-electron chi connectivity index (χ2n) is 7.78. The van der Waals surface area contributed by atoms with Crippen LogP contribution >= 0.6 is 0 Å². The van der Waals surface area contributed by atoms with E-state index in [4.69, 9.17) is 4.74 Å². The number of benzene rings is 3. The van der Waals surface area contributed by atoms with Crippen molar-refractivity contribution in [2.75, 3.05) is 12.4 Å². The summed E-state index contributed by atoms with van der Waals surface area (Å²) in [5.74, 6) is -0.0808. The molecule has 3 rings (SSSR count). The Balaban J connectivity index is 1.94. The first-order valence-electron chi connectivity index (χ1n) is 10.4. The summed E-state index contributed by atoms with van der Waals surface area (Å²) in [6, 6.07) is 22.3. The largest absolute Gasteiger partial charge is 0.495 e. The van der Waals surface area contributed by atoms with Gasteiger partial charge in [-0.3, -0.25) is 4.79 Å². The van der Waals surface area contributed by atoms with Crippen LogP contribution in [-0.2, 0) is 21.2 Å². The smallest absolute Gasteiger partial charge is 0.245 e. The molecule has 0 heterocycles. The summed E-state index contributed by atoms with van der Waals surface area (Å²) in [5, 5.41) is 2.80. The molecule has 1 atom stereocenters. The minimum Gasteiger partial charge on any atom is -0.495 e.